The Balaban J connectivity index is 1.57. The van der Waals surface area contributed by atoms with E-state index in [1.165, 1.54) is 41.5 Å². The molecule has 188 valence electrons. The second-order valence-corrected chi connectivity index (χ2v) is 7.91. The van der Waals surface area contributed by atoms with E-state index in [-0.39, 0.29) is 47.5 Å². The van der Waals surface area contributed by atoms with Gasteiger partial charge < -0.3 is 4.74 Å². The van der Waals surface area contributed by atoms with Gasteiger partial charge in [0.15, 0.2) is 5.82 Å². The van der Waals surface area contributed by atoms with Gasteiger partial charge in [-0.15, -0.1) is 0 Å². The normalized spacial score (nSPS) is 11.3. The van der Waals surface area contributed by atoms with Crippen molar-refractivity contribution in [2.24, 2.45) is 0 Å². The Labute approximate surface area is 209 Å². The van der Waals surface area contributed by atoms with Crippen molar-refractivity contribution in [2.75, 3.05) is 11.5 Å². The van der Waals surface area contributed by atoms with Gasteiger partial charge in [0.05, 0.1) is 24.4 Å². The molecule has 0 bridgehead atoms. The summed E-state index contributed by atoms with van der Waals surface area (Å²) >= 11 is 0. The number of hydrogen-bond donors (Lipinski definition) is 0. The second-order valence-electron chi connectivity index (χ2n) is 7.91. The lowest BCUT2D eigenvalue weighted by Gasteiger charge is -2.22. The minimum atomic E-state index is -2.88. The van der Waals surface area contributed by atoms with Crippen LogP contribution in [-0.4, -0.2) is 37.9 Å². The van der Waals surface area contributed by atoms with E-state index in [2.05, 4.69) is 20.1 Å². The molecule has 3 aromatic heterocycles. The zero-order valence-electron chi connectivity index (χ0n) is 19.5. The summed E-state index contributed by atoms with van der Waals surface area (Å²) in [6.07, 6.45) is 4.16. The van der Waals surface area contributed by atoms with Crippen molar-refractivity contribution in [3.8, 4) is 17.3 Å². The van der Waals surface area contributed by atoms with Crippen LogP contribution in [0.15, 0.2) is 73.2 Å². The van der Waals surface area contributed by atoms with E-state index in [0.29, 0.717) is 10.9 Å². The Bertz CT molecular complexity index is 1520. The molecule has 0 unspecified atom stereocenters. The molecule has 0 aliphatic carbocycles. The molecule has 0 amide bonds. The van der Waals surface area contributed by atoms with Crippen molar-refractivity contribution in [1.29, 1.82) is 0 Å². The van der Waals surface area contributed by atoms with Crippen molar-refractivity contribution in [3.05, 3.63) is 90.4 Å². The number of halogens is 4. The van der Waals surface area contributed by atoms with Gasteiger partial charge in [-0.3, -0.25) is 14.6 Å². The van der Waals surface area contributed by atoms with Gasteiger partial charge >= 0.3 is 6.55 Å². The molecule has 3 heterocycles. The summed E-state index contributed by atoms with van der Waals surface area (Å²) in [5.41, 5.74) is 0.859. The lowest BCUT2D eigenvalue weighted by molar-refractivity contribution is 0.155. The zero-order valence-corrected chi connectivity index (χ0v) is 19.5. The molecule has 0 aliphatic rings. The fourth-order valence-electron chi connectivity index (χ4n) is 3.99. The Morgan fingerprint density at radius 2 is 1.70 bits per heavy atom. The van der Waals surface area contributed by atoms with Crippen LogP contribution in [0.5, 0.6) is 5.75 Å². The van der Waals surface area contributed by atoms with E-state index < -0.39 is 18.2 Å². The highest BCUT2D eigenvalue weighted by Crippen LogP contribution is 2.31. The van der Waals surface area contributed by atoms with Gasteiger partial charge in [0, 0.05) is 41.7 Å². The summed E-state index contributed by atoms with van der Waals surface area (Å²) in [5.74, 6) is -1.41. The highest BCUT2D eigenvalue weighted by atomic mass is 19.3. The molecule has 0 N–H and O–H groups in total. The van der Waals surface area contributed by atoms with Crippen LogP contribution in [-0.2, 0) is 6.54 Å². The van der Waals surface area contributed by atoms with E-state index in [1.54, 1.807) is 31.2 Å². The van der Waals surface area contributed by atoms with Gasteiger partial charge in [0.25, 0.3) is 0 Å². The van der Waals surface area contributed by atoms with E-state index in [4.69, 9.17) is 4.74 Å². The third kappa shape index (κ3) is 4.80. The molecule has 0 spiro atoms. The topological polar surface area (TPSA) is 69.0 Å². The molecule has 5 aromatic rings. The minimum Gasteiger partial charge on any atom is -0.494 e. The summed E-state index contributed by atoms with van der Waals surface area (Å²) in [6.45, 7) is -1.11. The maximum atomic E-state index is 14.8. The number of rotatable bonds is 8. The minimum absolute atomic E-state index is 0.0477. The average Bonchev–Trinajstić information content (AvgIpc) is 3.26. The summed E-state index contributed by atoms with van der Waals surface area (Å²) in [7, 11) is 0. The Morgan fingerprint density at radius 1 is 0.973 bits per heavy atom. The first-order valence-electron chi connectivity index (χ1n) is 11.3. The zero-order chi connectivity index (χ0) is 25.9. The number of aromatic nitrogens is 5. The molecule has 0 saturated heterocycles. The van der Waals surface area contributed by atoms with Gasteiger partial charge in [0.2, 0.25) is 0 Å². The second kappa shape index (κ2) is 10.2. The highest BCUT2D eigenvalue weighted by molar-refractivity contribution is 5.91. The van der Waals surface area contributed by atoms with Crippen molar-refractivity contribution in [2.45, 2.75) is 20.0 Å². The van der Waals surface area contributed by atoms with Crippen LogP contribution in [0.1, 0.15) is 12.5 Å². The monoisotopic (exact) mass is 508 g/mol. The first-order valence-corrected chi connectivity index (χ1v) is 11.3. The van der Waals surface area contributed by atoms with Crippen LogP contribution >= 0.6 is 0 Å². The van der Waals surface area contributed by atoms with E-state index in [9.17, 15) is 17.6 Å². The SMILES string of the molecule is CCOc1cc(F)c(Cn2nc(-c3nccc(N(c4ccncc4)C(F)F)n3)c3ccccc32)c(F)c1. The number of ether oxygens (including phenoxy) is 1. The molecular weight excluding hydrogens is 488 g/mol. The number of fused-ring (bicyclic) bond motifs is 1. The van der Waals surface area contributed by atoms with E-state index >= 15 is 0 Å². The largest absolute Gasteiger partial charge is 0.494 e. The third-order valence-electron chi connectivity index (χ3n) is 5.63. The molecule has 7 nitrogen and oxygen atoms in total. The van der Waals surface area contributed by atoms with Crippen LogP contribution in [0, 0.1) is 11.6 Å². The van der Waals surface area contributed by atoms with Gasteiger partial charge in [-0.1, -0.05) is 18.2 Å². The maximum Gasteiger partial charge on any atom is 0.320 e. The van der Waals surface area contributed by atoms with E-state index in [0.717, 1.165) is 17.0 Å². The van der Waals surface area contributed by atoms with E-state index in [1.807, 2.05) is 0 Å². The van der Waals surface area contributed by atoms with Gasteiger partial charge in [-0.2, -0.15) is 13.9 Å². The first-order chi connectivity index (χ1) is 18.0. The highest BCUT2D eigenvalue weighted by Gasteiger charge is 2.23. The third-order valence-corrected chi connectivity index (χ3v) is 5.63. The number of pyridine rings is 1. The van der Waals surface area contributed by atoms with Gasteiger partial charge in [0.1, 0.15) is 28.9 Å². The lowest BCUT2D eigenvalue weighted by atomic mass is 10.1. The quantitative estimate of drug-likeness (QED) is 0.190. The molecule has 0 fully saturated rings. The van der Waals surface area contributed by atoms with Crippen LogP contribution in [0.4, 0.5) is 29.1 Å². The molecule has 0 saturated carbocycles. The lowest BCUT2D eigenvalue weighted by Crippen LogP contribution is -2.24. The van der Waals surface area contributed by atoms with Crippen molar-refractivity contribution in [1.82, 2.24) is 24.7 Å². The molecule has 0 radical (unpaired) electrons. The Kier molecular flexibility index (Phi) is 6.67. The van der Waals surface area contributed by atoms with Crippen LogP contribution in [0.3, 0.4) is 0 Å². The van der Waals surface area contributed by atoms with Crippen LogP contribution in [0.25, 0.3) is 22.4 Å². The van der Waals surface area contributed by atoms with Gasteiger partial charge in [-0.25, -0.2) is 18.7 Å². The molecule has 2 aromatic carbocycles. The molecule has 0 atom stereocenters. The number of para-hydroxylation sites is 1. The summed E-state index contributed by atoms with van der Waals surface area (Å²) in [6, 6.07) is 13.5. The number of benzene rings is 2. The number of hydrogen-bond acceptors (Lipinski definition) is 6. The number of nitrogens with zero attached hydrogens (tertiary/aromatic N) is 6. The fraction of sp³-hybridized carbons (Fsp3) is 0.154. The molecular formula is C26H20F4N6O. The predicted molar refractivity (Wildman–Crippen MR) is 130 cm³/mol. The Morgan fingerprint density at radius 3 is 2.41 bits per heavy atom. The predicted octanol–water partition coefficient (Wildman–Crippen LogP) is 5.97. The maximum absolute atomic E-state index is 14.8. The Hall–Kier alpha value is -4.54. The smallest absolute Gasteiger partial charge is 0.320 e. The van der Waals surface area contributed by atoms with Crippen molar-refractivity contribution >= 4 is 22.4 Å². The van der Waals surface area contributed by atoms with Crippen LogP contribution in [0.2, 0.25) is 0 Å². The molecule has 5 rings (SSSR count). The standard InChI is InChI=1S/C26H20F4N6O/c1-2-37-17-13-20(27)19(21(28)14-17)15-35-22-6-4-3-5-18(22)24(34-35)25-32-12-9-23(33-25)36(26(29)30)16-7-10-31-11-8-16/h3-14,26H,2,15H2,1H3. The molecule has 11 heteroatoms. The number of anilines is 2. The van der Waals surface area contributed by atoms with Gasteiger partial charge in [-0.05, 0) is 31.2 Å². The molecule has 0 aliphatic heterocycles. The van der Waals surface area contributed by atoms with Crippen molar-refractivity contribution < 1.29 is 22.3 Å². The summed E-state index contributed by atoms with van der Waals surface area (Å²) in [4.78, 5) is 13.2. The van der Waals surface area contributed by atoms with Crippen molar-refractivity contribution in [3.63, 3.8) is 0 Å². The summed E-state index contributed by atoms with van der Waals surface area (Å²) in [5, 5.41) is 5.12. The van der Waals surface area contributed by atoms with Crippen LogP contribution < -0.4 is 9.64 Å². The number of alkyl halides is 2. The summed E-state index contributed by atoms with van der Waals surface area (Å²) < 4.78 is 64.2. The fourth-order valence-corrected chi connectivity index (χ4v) is 3.99. The molecule has 37 heavy (non-hydrogen) atoms. The first kappa shape index (κ1) is 24.2. The average molecular weight is 508 g/mol.